The molecule has 2 rings (SSSR count). The number of hydrogen-bond donors (Lipinski definition) is 3. The van der Waals surface area contributed by atoms with E-state index in [0.717, 1.165) is 4.90 Å². The highest BCUT2D eigenvalue weighted by Gasteiger charge is 2.51. The maximum Gasteiger partial charge on any atom is 0.325 e. The van der Waals surface area contributed by atoms with E-state index in [4.69, 9.17) is 0 Å². The zero-order chi connectivity index (χ0) is 20.4. The number of carbonyl (C=O) groups is 4. The Morgan fingerprint density at radius 3 is 2.30 bits per heavy atom. The van der Waals surface area contributed by atoms with Crippen LogP contribution in [0.1, 0.15) is 39.7 Å². The van der Waals surface area contributed by atoms with Crippen molar-refractivity contribution in [1.29, 1.82) is 0 Å². The molecule has 0 saturated carbocycles. The zero-order valence-corrected chi connectivity index (χ0v) is 15.7. The van der Waals surface area contributed by atoms with Crippen LogP contribution in [0.15, 0.2) is 24.3 Å². The van der Waals surface area contributed by atoms with E-state index in [9.17, 15) is 23.6 Å². The highest BCUT2D eigenvalue weighted by molar-refractivity contribution is 6.10. The Balaban J connectivity index is 2.14. The normalized spacial score (nSPS) is 19.7. The highest BCUT2D eigenvalue weighted by atomic mass is 19.1. The second-order valence-electron chi connectivity index (χ2n) is 7.34. The first kappa shape index (κ1) is 20.3. The third-order valence-electron chi connectivity index (χ3n) is 4.09. The Kier molecular flexibility index (Phi) is 5.53. The second-order valence-corrected chi connectivity index (χ2v) is 7.34. The van der Waals surface area contributed by atoms with E-state index >= 15 is 0 Å². The van der Waals surface area contributed by atoms with Crippen molar-refractivity contribution in [2.75, 3.05) is 6.54 Å². The molecule has 0 spiro atoms. The molecule has 8 nitrogen and oxygen atoms in total. The van der Waals surface area contributed by atoms with Crippen molar-refractivity contribution in [2.45, 2.75) is 45.2 Å². The van der Waals surface area contributed by atoms with Crippen LogP contribution in [0.4, 0.5) is 14.0 Å². The average Bonchev–Trinajstić information content (AvgIpc) is 2.78. The molecule has 1 aliphatic rings. The molecule has 0 bridgehead atoms. The summed E-state index contributed by atoms with van der Waals surface area (Å²) in [5.74, 6) is -1.90. The van der Waals surface area contributed by atoms with Gasteiger partial charge in [0.05, 0.1) is 0 Å². The van der Waals surface area contributed by atoms with Crippen molar-refractivity contribution in [3.63, 3.8) is 0 Å². The van der Waals surface area contributed by atoms with Crippen LogP contribution < -0.4 is 16.0 Å². The molecule has 0 aliphatic carbocycles. The highest BCUT2D eigenvalue weighted by Crippen LogP contribution is 2.32. The summed E-state index contributed by atoms with van der Waals surface area (Å²) in [5, 5.41) is 7.21. The number of nitrogens with one attached hydrogen (secondary N) is 3. The average molecular weight is 378 g/mol. The SMILES string of the molecule is CCC1(c2ccc(F)cc2)NC(=O)N(CC(=O)NC(=O)NC(C)(C)C)C1=O. The van der Waals surface area contributed by atoms with Crippen molar-refractivity contribution in [2.24, 2.45) is 0 Å². The Hall–Kier alpha value is -2.97. The number of imide groups is 2. The molecule has 1 aromatic rings. The maximum absolute atomic E-state index is 13.2. The van der Waals surface area contributed by atoms with Crippen molar-refractivity contribution < 1.29 is 23.6 Å². The number of urea groups is 2. The molecular formula is C18H23FN4O4. The Morgan fingerprint density at radius 2 is 1.78 bits per heavy atom. The monoisotopic (exact) mass is 378 g/mol. The largest absolute Gasteiger partial charge is 0.333 e. The van der Waals surface area contributed by atoms with Crippen molar-refractivity contribution >= 4 is 23.9 Å². The summed E-state index contributed by atoms with van der Waals surface area (Å²) in [5.41, 5.74) is -1.51. The third kappa shape index (κ3) is 4.42. The number of benzene rings is 1. The molecule has 1 atom stereocenters. The lowest BCUT2D eigenvalue weighted by Crippen LogP contribution is -2.51. The van der Waals surface area contributed by atoms with Crippen LogP contribution in [0.25, 0.3) is 0 Å². The Morgan fingerprint density at radius 1 is 1.19 bits per heavy atom. The standard InChI is InChI=1S/C18H23FN4O4/c1-5-18(11-6-8-12(19)9-7-11)14(25)23(16(27)22-18)10-13(24)20-15(26)21-17(2,3)4/h6-9H,5,10H2,1-4H3,(H,22,27)(H2,20,21,24,26). The predicted octanol–water partition coefficient (Wildman–Crippen LogP) is 1.61. The minimum absolute atomic E-state index is 0.214. The van der Waals surface area contributed by atoms with Crippen LogP contribution in [0.2, 0.25) is 0 Å². The molecule has 9 heteroatoms. The maximum atomic E-state index is 13.2. The molecular weight excluding hydrogens is 355 g/mol. The van der Waals surface area contributed by atoms with E-state index in [1.165, 1.54) is 24.3 Å². The molecule has 3 N–H and O–H groups in total. The van der Waals surface area contributed by atoms with Gasteiger partial charge < -0.3 is 10.6 Å². The van der Waals surface area contributed by atoms with E-state index in [1.54, 1.807) is 27.7 Å². The fourth-order valence-electron chi connectivity index (χ4n) is 2.83. The number of amides is 6. The summed E-state index contributed by atoms with van der Waals surface area (Å²) in [6, 6.07) is 3.74. The number of nitrogens with zero attached hydrogens (tertiary/aromatic N) is 1. The number of rotatable bonds is 4. The molecule has 0 aromatic heterocycles. The van der Waals surface area contributed by atoms with E-state index < -0.39 is 47.3 Å². The molecule has 1 fully saturated rings. The summed E-state index contributed by atoms with van der Waals surface area (Å²) in [6.45, 7) is 6.32. The van der Waals surface area contributed by atoms with Crippen LogP contribution in [-0.2, 0) is 15.1 Å². The summed E-state index contributed by atoms with van der Waals surface area (Å²) in [4.78, 5) is 49.7. The van der Waals surface area contributed by atoms with Gasteiger partial charge in [0.1, 0.15) is 17.9 Å². The van der Waals surface area contributed by atoms with Gasteiger partial charge in [-0.2, -0.15) is 0 Å². The first-order chi connectivity index (χ1) is 12.5. The number of halogens is 1. The van der Waals surface area contributed by atoms with Gasteiger partial charge in [0.2, 0.25) is 5.91 Å². The lowest BCUT2D eigenvalue weighted by molar-refractivity contribution is -0.135. The van der Waals surface area contributed by atoms with Gasteiger partial charge in [-0.3, -0.25) is 19.8 Å². The van der Waals surface area contributed by atoms with E-state index in [1.807, 2.05) is 0 Å². The smallest absolute Gasteiger partial charge is 0.325 e. The van der Waals surface area contributed by atoms with Gasteiger partial charge in [0.15, 0.2) is 0 Å². The summed E-state index contributed by atoms with van der Waals surface area (Å²) >= 11 is 0. The lowest BCUT2D eigenvalue weighted by atomic mass is 9.87. The molecule has 27 heavy (non-hydrogen) atoms. The predicted molar refractivity (Wildman–Crippen MR) is 95.0 cm³/mol. The third-order valence-corrected chi connectivity index (χ3v) is 4.09. The summed E-state index contributed by atoms with van der Waals surface area (Å²) < 4.78 is 13.2. The van der Waals surface area contributed by atoms with Gasteiger partial charge in [-0.1, -0.05) is 19.1 Å². The van der Waals surface area contributed by atoms with Gasteiger partial charge in [0, 0.05) is 5.54 Å². The Labute approximate surface area is 156 Å². The van der Waals surface area contributed by atoms with Gasteiger partial charge in [-0.25, -0.2) is 14.0 Å². The summed E-state index contributed by atoms with van der Waals surface area (Å²) in [6.07, 6.45) is 0.214. The molecule has 1 aliphatic heterocycles. The fraction of sp³-hybridized carbons (Fsp3) is 0.444. The lowest BCUT2D eigenvalue weighted by Gasteiger charge is -2.25. The van der Waals surface area contributed by atoms with Gasteiger partial charge >= 0.3 is 12.1 Å². The minimum atomic E-state index is -1.38. The van der Waals surface area contributed by atoms with Crippen LogP contribution >= 0.6 is 0 Å². The van der Waals surface area contributed by atoms with Crippen LogP contribution in [0, 0.1) is 5.82 Å². The first-order valence-corrected chi connectivity index (χ1v) is 8.50. The van der Waals surface area contributed by atoms with Crippen LogP contribution in [-0.4, -0.2) is 40.9 Å². The van der Waals surface area contributed by atoms with Gasteiger partial charge in [-0.15, -0.1) is 0 Å². The second kappa shape index (κ2) is 7.34. The zero-order valence-electron chi connectivity index (χ0n) is 15.7. The number of hydrogen-bond acceptors (Lipinski definition) is 4. The van der Waals surface area contributed by atoms with Crippen LogP contribution in [0.5, 0.6) is 0 Å². The fourth-order valence-corrected chi connectivity index (χ4v) is 2.83. The topological polar surface area (TPSA) is 108 Å². The number of carbonyl (C=O) groups excluding carboxylic acids is 4. The minimum Gasteiger partial charge on any atom is -0.333 e. The first-order valence-electron chi connectivity index (χ1n) is 8.50. The molecule has 6 amide bonds. The van der Waals surface area contributed by atoms with Gasteiger partial charge in [-0.05, 0) is 44.9 Å². The molecule has 1 heterocycles. The summed E-state index contributed by atoms with van der Waals surface area (Å²) in [7, 11) is 0. The van der Waals surface area contributed by atoms with Crippen molar-refractivity contribution in [1.82, 2.24) is 20.9 Å². The quantitative estimate of drug-likeness (QED) is 0.692. The van der Waals surface area contributed by atoms with Crippen molar-refractivity contribution in [3.8, 4) is 0 Å². The van der Waals surface area contributed by atoms with Gasteiger partial charge in [0.25, 0.3) is 5.91 Å². The van der Waals surface area contributed by atoms with E-state index in [2.05, 4.69) is 16.0 Å². The van der Waals surface area contributed by atoms with Crippen molar-refractivity contribution in [3.05, 3.63) is 35.6 Å². The molecule has 1 saturated heterocycles. The Bertz CT molecular complexity index is 773. The molecule has 0 radical (unpaired) electrons. The van der Waals surface area contributed by atoms with Crippen LogP contribution in [0.3, 0.4) is 0 Å². The van der Waals surface area contributed by atoms with E-state index in [0.29, 0.717) is 5.56 Å². The molecule has 1 aromatic carbocycles. The molecule has 146 valence electrons. The molecule has 1 unspecified atom stereocenters. The van der Waals surface area contributed by atoms with E-state index in [-0.39, 0.29) is 6.42 Å².